The highest BCUT2D eigenvalue weighted by Crippen LogP contribution is 2.26. The smallest absolute Gasteiger partial charge is 0.254 e. The minimum atomic E-state index is 0.0302. The van der Waals surface area contributed by atoms with Crippen molar-refractivity contribution in [3.8, 4) is 11.1 Å². The molecule has 4 heteroatoms. The van der Waals surface area contributed by atoms with Crippen molar-refractivity contribution in [1.82, 2.24) is 14.5 Å². The normalized spacial score (nSPS) is 10.7. The number of imidazole rings is 1. The topological polar surface area (TPSA) is 38.1 Å². The molecule has 0 radical (unpaired) electrons. The Labute approximate surface area is 148 Å². The zero-order chi connectivity index (χ0) is 17.8. The van der Waals surface area contributed by atoms with Gasteiger partial charge < -0.3 is 9.47 Å². The number of aryl methyl sites for hydroxylation is 2. The summed E-state index contributed by atoms with van der Waals surface area (Å²) in [5.41, 5.74) is 3.94. The maximum Gasteiger partial charge on any atom is 0.254 e. The molecule has 0 aliphatic heterocycles. The largest absolute Gasteiger partial charge is 0.337 e. The summed E-state index contributed by atoms with van der Waals surface area (Å²) in [5.74, 6) is 0.908. The van der Waals surface area contributed by atoms with Gasteiger partial charge in [-0.1, -0.05) is 48.0 Å². The summed E-state index contributed by atoms with van der Waals surface area (Å²) in [5, 5.41) is 0. The fraction of sp³-hybridized carbons (Fsp3) is 0.238. The predicted molar refractivity (Wildman–Crippen MR) is 100 cm³/mol. The average Bonchev–Trinajstić information content (AvgIpc) is 3.04. The Hall–Kier alpha value is -2.88. The Morgan fingerprint density at radius 1 is 1.16 bits per heavy atom. The van der Waals surface area contributed by atoms with Crippen LogP contribution in [0.4, 0.5) is 0 Å². The van der Waals surface area contributed by atoms with Gasteiger partial charge in [-0.15, -0.1) is 0 Å². The quantitative estimate of drug-likeness (QED) is 0.706. The molecule has 2 aromatic carbocycles. The van der Waals surface area contributed by atoms with E-state index in [4.69, 9.17) is 0 Å². The van der Waals surface area contributed by atoms with E-state index >= 15 is 0 Å². The summed E-state index contributed by atoms with van der Waals surface area (Å²) in [6.07, 6.45) is 3.66. The Balaban J connectivity index is 1.95. The molecular formula is C21H23N3O. The number of carbonyl (C=O) groups excluding carboxylic acids is 1. The van der Waals surface area contributed by atoms with Crippen molar-refractivity contribution >= 4 is 5.91 Å². The molecule has 0 saturated heterocycles. The molecule has 0 unspecified atom stereocenters. The van der Waals surface area contributed by atoms with Crippen molar-refractivity contribution in [1.29, 1.82) is 0 Å². The van der Waals surface area contributed by atoms with Gasteiger partial charge in [-0.05, 0) is 31.0 Å². The summed E-state index contributed by atoms with van der Waals surface area (Å²) < 4.78 is 1.95. The molecule has 128 valence electrons. The van der Waals surface area contributed by atoms with Crippen LogP contribution in [0.5, 0.6) is 0 Å². The molecule has 4 nitrogen and oxygen atoms in total. The molecule has 0 aliphatic carbocycles. The molecule has 3 aromatic rings. The van der Waals surface area contributed by atoms with Crippen LogP contribution < -0.4 is 0 Å². The molecule has 0 bridgehead atoms. The highest BCUT2D eigenvalue weighted by Gasteiger charge is 2.19. The van der Waals surface area contributed by atoms with E-state index in [0.717, 1.165) is 22.5 Å². The highest BCUT2D eigenvalue weighted by atomic mass is 16.2. The van der Waals surface area contributed by atoms with E-state index in [1.807, 2.05) is 66.0 Å². The molecule has 0 N–H and O–H groups in total. The van der Waals surface area contributed by atoms with Crippen molar-refractivity contribution in [2.45, 2.75) is 20.4 Å². The van der Waals surface area contributed by atoms with Gasteiger partial charge in [0.1, 0.15) is 5.82 Å². The molecule has 0 atom stereocenters. The number of amides is 1. The third kappa shape index (κ3) is 3.63. The first-order chi connectivity index (χ1) is 12.1. The standard InChI is InChI=1S/C21H23N3O/c1-4-24(15-20-22-12-13-23(20)3)21(25)19-11-6-5-10-18(19)17-9-7-8-16(2)14-17/h5-14H,4,15H2,1-3H3. The predicted octanol–water partition coefficient (Wildman–Crippen LogP) is 4.06. The molecule has 1 aromatic heterocycles. The highest BCUT2D eigenvalue weighted by molar-refractivity contribution is 6.00. The van der Waals surface area contributed by atoms with Gasteiger partial charge >= 0.3 is 0 Å². The molecule has 0 saturated carbocycles. The number of benzene rings is 2. The van der Waals surface area contributed by atoms with Crippen LogP contribution in [0.25, 0.3) is 11.1 Å². The van der Waals surface area contributed by atoms with E-state index in [1.165, 1.54) is 5.56 Å². The molecule has 0 fully saturated rings. The Morgan fingerprint density at radius 3 is 2.64 bits per heavy atom. The lowest BCUT2D eigenvalue weighted by atomic mass is 9.97. The first-order valence-electron chi connectivity index (χ1n) is 8.51. The van der Waals surface area contributed by atoms with Gasteiger partial charge in [-0.25, -0.2) is 4.98 Å². The molecule has 0 spiro atoms. The Bertz CT molecular complexity index is 882. The summed E-state index contributed by atoms with van der Waals surface area (Å²) in [7, 11) is 1.95. The van der Waals surface area contributed by atoms with Gasteiger partial charge in [0.25, 0.3) is 5.91 Å². The maximum atomic E-state index is 13.2. The van der Waals surface area contributed by atoms with Crippen molar-refractivity contribution in [2.24, 2.45) is 7.05 Å². The lowest BCUT2D eigenvalue weighted by molar-refractivity contribution is 0.0748. The van der Waals surface area contributed by atoms with Crippen LogP contribution in [0.15, 0.2) is 60.9 Å². The number of aromatic nitrogens is 2. The number of hydrogen-bond acceptors (Lipinski definition) is 2. The number of nitrogens with zero attached hydrogens (tertiary/aromatic N) is 3. The van der Waals surface area contributed by atoms with Gasteiger partial charge in [0.15, 0.2) is 0 Å². The fourth-order valence-electron chi connectivity index (χ4n) is 2.95. The zero-order valence-corrected chi connectivity index (χ0v) is 14.9. The monoisotopic (exact) mass is 333 g/mol. The molecule has 0 aliphatic rings. The van der Waals surface area contributed by atoms with Gasteiger partial charge in [-0.3, -0.25) is 4.79 Å². The van der Waals surface area contributed by atoms with E-state index in [9.17, 15) is 4.79 Å². The van der Waals surface area contributed by atoms with Crippen molar-refractivity contribution < 1.29 is 4.79 Å². The molecule has 1 amide bonds. The van der Waals surface area contributed by atoms with Crippen LogP contribution >= 0.6 is 0 Å². The summed E-state index contributed by atoms with van der Waals surface area (Å²) in [4.78, 5) is 19.4. The summed E-state index contributed by atoms with van der Waals surface area (Å²) in [6, 6.07) is 16.1. The zero-order valence-electron chi connectivity index (χ0n) is 14.9. The van der Waals surface area contributed by atoms with E-state index in [1.54, 1.807) is 6.20 Å². The van der Waals surface area contributed by atoms with Gasteiger partial charge in [0, 0.05) is 31.5 Å². The Kier molecular flexibility index (Phi) is 4.98. The van der Waals surface area contributed by atoms with E-state index in [-0.39, 0.29) is 5.91 Å². The van der Waals surface area contributed by atoms with Crippen LogP contribution in [-0.4, -0.2) is 26.9 Å². The van der Waals surface area contributed by atoms with Gasteiger partial charge in [0.05, 0.1) is 6.54 Å². The van der Waals surface area contributed by atoms with E-state index < -0.39 is 0 Å². The second kappa shape index (κ2) is 7.34. The second-order valence-corrected chi connectivity index (χ2v) is 6.19. The first kappa shape index (κ1) is 17.0. The SMILES string of the molecule is CCN(Cc1nccn1C)C(=O)c1ccccc1-c1cccc(C)c1. The molecule has 3 rings (SSSR count). The van der Waals surface area contributed by atoms with Crippen molar-refractivity contribution in [3.63, 3.8) is 0 Å². The van der Waals surface area contributed by atoms with Crippen LogP contribution in [0.1, 0.15) is 28.7 Å². The fourth-order valence-corrected chi connectivity index (χ4v) is 2.95. The summed E-state index contributed by atoms with van der Waals surface area (Å²) in [6.45, 7) is 5.19. The molecular weight excluding hydrogens is 310 g/mol. The summed E-state index contributed by atoms with van der Waals surface area (Å²) >= 11 is 0. The number of hydrogen-bond donors (Lipinski definition) is 0. The van der Waals surface area contributed by atoms with Gasteiger partial charge in [0.2, 0.25) is 0 Å². The van der Waals surface area contributed by atoms with Crippen molar-refractivity contribution in [2.75, 3.05) is 6.54 Å². The number of rotatable bonds is 5. The number of carbonyl (C=O) groups is 1. The van der Waals surface area contributed by atoms with Gasteiger partial charge in [-0.2, -0.15) is 0 Å². The van der Waals surface area contributed by atoms with Crippen LogP contribution in [0.3, 0.4) is 0 Å². The molecule has 25 heavy (non-hydrogen) atoms. The third-order valence-corrected chi connectivity index (χ3v) is 4.41. The lowest BCUT2D eigenvalue weighted by Gasteiger charge is -2.22. The first-order valence-corrected chi connectivity index (χ1v) is 8.51. The minimum absolute atomic E-state index is 0.0302. The Morgan fingerprint density at radius 2 is 1.96 bits per heavy atom. The van der Waals surface area contributed by atoms with Crippen LogP contribution in [0, 0.1) is 6.92 Å². The maximum absolute atomic E-state index is 13.2. The van der Waals surface area contributed by atoms with E-state index in [0.29, 0.717) is 13.1 Å². The van der Waals surface area contributed by atoms with E-state index in [2.05, 4.69) is 24.0 Å². The van der Waals surface area contributed by atoms with Crippen LogP contribution in [-0.2, 0) is 13.6 Å². The van der Waals surface area contributed by atoms with Crippen molar-refractivity contribution in [3.05, 3.63) is 77.9 Å². The van der Waals surface area contributed by atoms with Crippen LogP contribution in [0.2, 0.25) is 0 Å². The minimum Gasteiger partial charge on any atom is -0.337 e. The second-order valence-electron chi connectivity index (χ2n) is 6.19. The lowest BCUT2D eigenvalue weighted by Crippen LogP contribution is -2.31. The third-order valence-electron chi connectivity index (χ3n) is 4.41. The average molecular weight is 333 g/mol. The molecule has 1 heterocycles.